The van der Waals surface area contributed by atoms with Gasteiger partial charge in [0.25, 0.3) is 5.91 Å². The molecule has 0 aliphatic heterocycles. The third-order valence-corrected chi connectivity index (χ3v) is 3.17. The van der Waals surface area contributed by atoms with Crippen molar-refractivity contribution < 1.29 is 9.59 Å². The van der Waals surface area contributed by atoms with Crippen molar-refractivity contribution in [3.63, 3.8) is 0 Å². The van der Waals surface area contributed by atoms with Crippen LogP contribution in [0.4, 0.5) is 10.8 Å². The van der Waals surface area contributed by atoms with Gasteiger partial charge in [0.1, 0.15) is 5.69 Å². The van der Waals surface area contributed by atoms with Gasteiger partial charge < -0.3 is 5.73 Å². The van der Waals surface area contributed by atoms with Gasteiger partial charge in [0.05, 0.1) is 5.69 Å². The maximum Gasteiger partial charge on any atom is 0.280 e. The van der Waals surface area contributed by atoms with Crippen molar-refractivity contribution in [3.8, 4) is 0 Å². The summed E-state index contributed by atoms with van der Waals surface area (Å²) < 4.78 is 1.58. The van der Waals surface area contributed by atoms with Gasteiger partial charge in [0, 0.05) is 25.0 Å². The van der Waals surface area contributed by atoms with Gasteiger partial charge in [-0.1, -0.05) is 0 Å². The normalized spacial score (nSPS) is 10.4. The second-order valence-electron chi connectivity index (χ2n) is 3.84. The van der Waals surface area contributed by atoms with Crippen molar-refractivity contribution in [1.29, 1.82) is 0 Å². The standard InChI is InChI=1S/C11H13N5O2S/c1-3-16-4-7(12)9(15-16)10(18)14-11-13-8(5-19-11)6(2)17/h4-5H,3,12H2,1-2H3,(H,13,14,18). The molecule has 8 heteroatoms. The van der Waals surface area contributed by atoms with Gasteiger partial charge in [-0.05, 0) is 6.92 Å². The number of nitrogens with one attached hydrogen (secondary N) is 1. The molecule has 2 aromatic heterocycles. The Morgan fingerprint density at radius 1 is 1.53 bits per heavy atom. The Morgan fingerprint density at radius 2 is 2.26 bits per heavy atom. The van der Waals surface area contributed by atoms with Crippen molar-refractivity contribution >= 4 is 33.8 Å². The fourth-order valence-corrected chi connectivity index (χ4v) is 2.17. The molecule has 2 aromatic rings. The van der Waals surface area contributed by atoms with Gasteiger partial charge in [-0.3, -0.25) is 19.6 Å². The zero-order valence-corrected chi connectivity index (χ0v) is 11.3. The number of ketones is 1. The van der Waals surface area contributed by atoms with Crippen LogP contribution in [-0.4, -0.2) is 26.5 Å². The van der Waals surface area contributed by atoms with Gasteiger partial charge in [0.2, 0.25) is 0 Å². The van der Waals surface area contributed by atoms with Crippen LogP contribution in [0.1, 0.15) is 34.8 Å². The molecule has 2 heterocycles. The Morgan fingerprint density at radius 3 is 2.79 bits per heavy atom. The fourth-order valence-electron chi connectivity index (χ4n) is 1.42. The zero-order valence-electron chi connectivity index (χ0n) is 10.5. The number of anilines is 2. The predicted octanol–water partition coefficient (Wildman–Crippen LogP) is 1.40. The number of hydrogen-bond acceptors (Lipinski definition) is 6. The number of carbonyl (C=O) groups is 2. The van der Waals surface area contributed by atoms with Crippen molar-refractivity contribution in [2.24, 2.45) is 0 Å². The third-order valence-electron chi connectivity index (χ3n) is 2.41. The first-order valence-corrected chi connectivity index (χ1v) is 6.50. The van der Waals surface area contributed by atoms with E-state index in [4.69, 9.17) is 5.73 Å². The van der Waals surface area contributed by atoms with Gasteiger partial charge in [0.15, 0.2) is 16.6 Å². The van der Waals surface area contributed by atoms with Gasteiger partial charge in [-0.15, -0.1) is 11.3 Å². The SMILES string of the molecule is CCn1cc(N)c(C(=O)Nc2nc(C(C)=O)cs2)n1. The largest absolute Gasteiger partial charge is 0.396 e. The topological polar surface area (TPSA) is 103 Å². The fraction of sp³-hybridized carbons (Fsp3) is 0.273. The maximum absolute atomic E-state index is 12.0. The van der Waals surface area contributed by atoms with Gasteiger partial charge in [-0.25, -0.2) is 4.98 Å². The average molecular weight is 279 g/mol. The van der Waals surface area contributed by atoms with Crippen LogP contribution in [0.15, 0.2) is 11.6 Å². The van der Waals surface area contributed by atoms with Gasteiger partial charge in [-0.2, -0.15) is 5.10 Å². The van der Waals surface area contributed by atoms with E-state index in [2.05, 4.69) is 15.4 Å². The molecule has 0 spiro atoms. The number of hydrogen-bond donors (Lipinski definition) is 2. The van der Waals surface area contributed by atoms with Crippen LogP contribution in [0, 0.1) is 0 Å². The molecule has 0 radical (unpaired) electrons. The Kier molecular flexibility index (Phi) is 3.61. The number of thiazole rings is 1. The minimum absolute atomic E-state index is 0.147. The van der Waals surface area contributed by atoms with E-state index in [0.717, 1.165) is 0 Å². The van der Waals surface area contributed by atoms with E-state index in [1.165, 1.54) is 18.3 Å². The first-order chi connectivity index (χ1) is 9.01. The lowest BCUT2D eigenvalue weighted by Gasteiger charge is -1.98. The first-order valence-electron chi connectivity index (χ1n) is 5.62. The number of nitrogens with zero attached hydrogens (tertiary/aromatic N) is 3. The molecule has 0 aromatic carbocycles. The smallest absolute Gasteiger partial charge is 0.280 e. The minimum Gasteiger partial charge on any atom is -0.396 e. The molecule has 7 nitrogen and oxygen atoms in total. The highest BCUT2D eigenvalue weighted by Crippen LogP contribution is 2.18. The molecule has 3 N–H and O–H groups in total. The molecule has 2 rings (SSSR count). The summed E-state index contributed by atoms with van der Waals surface area (Å²) in [6.45, 7) is 3.94. The van der Waals surface area contributed by atoms with Crippen molar-refractivity contribution in [2.75, 3.05) is 11.1 Å². The van der Waals surface area contributed by atoms with Crippen LogP contribution in [0.3, 0.4) is 0 Å². The van der Waals surface area contributed by atoms with Crippen LogP contribution in [0.2, 0.25) is 0 Å². The summed E-state index contributed by atoms with van der Waals surface area (Å²) in [6, 6.07) is 0. The van der Waals surface area contributed by atoms with Crippen LogP contribution >= 0.6 is 11.3 Å². The van der Waals surface area contributed by atoms with E-state index in [0.29, 0.717) is 23.1 Å². The molecular weight excluding hydrogens is 266 g/mol. The Bertz CT molecular complexity index is 631. The summed E-state index contributed by atoms with van der Waals surface area (Å²) >= 11 is 1.18. The van der Waals surface area contributed by atoms with Crippen molar-refractivity contribution in [2.45, 2.75) is 20.4 Å². The third kappa shape index (κ3) is 2.79. The monoisotopic (exact) mass is 279 g/mol. The van der Waals surface area contributed by atoms with Crippen LogP contribution in [-0.2, 0) is 6.54 Å². The van der Waals surface area contributed by atoms with Crippen molar-refractivity contribution in [1.82, 2.24) is 14.8 Å². The first kappa shape index (κ1) is 13.2. The number of Topliss-reactive ketones (excluding diaryl/α,β-unsaturated/α-hetero) is 1. The number of nitrogens with two attached hydrogens (primary N) is 1. The summed E-state index contributed by atoms with van der Waals surface area (Å²) in [5.74, 6) is -0.583. The van der Waals surface area contributed by atoms with E-state index in [1.54, 1.807) is 16.3 Å². The zero-order chi connectivity index (χ0) is 14.0. The molecule has 100 valence electrons. The molecule has 0 saturated carbocycles. The van der Waals surface area contributed by atoms with E-state index >= 15 is 0 Å². The summed E-state index contributed by atoms with van der Waals surface area (Å²) in [5, 5.41) is 8.57. The van der Waals surface area contributed by atoms with E-state index < -0.39 is 5.91 Å². The molecule has 19 heavy (non-hydrogen) atoms. The van der Waals surface area contributed by atoms with Crippen LogP contribution in [0.25, 0.3) is 0 Å². The number of nitrogen functional groups attached to an aromatic ring is 1. The Labute approximate surface area is 113 Å². The number of carbonyl (C=O) groups excluding carboxylic acids is 2. The van der Waals surface area contributed by atoms with E-state index in [-0.39, 0.29) is 11.5 Å². The molecule has 0 atom stereocenters. The average Bonchev–Trinajstić information content (AvgIpc) is 2.95. The predicted molar refractivity (Wildman–Crippen MR) is 72.4 cm³/mol. The number of aryl methyl sites for hydroxylation is 1. The highest BCUT2D eigenvalue weighted by molar-refractivity contribution is 7.14. The lowest BCUT2D eigenvalue weighted by molar-refractivity contribution is 0.100. The molecule has 0 bridgehead atoms. The highest BCUT2D eigenvalue weighted by Gasteiger charge is 2.16. The van der Waals surface area contributed by atoms with Crippen molar-refractivity contribution in [3.05, 3.63) is 23.0 Å². The maximum atomic E-state index is 12.0. The summed E-state index contributed by atoms with van der Waals surface area (Å²) in [7, 11) is 0. The quantitative estimate of drug-likeness (QED) is 0.823. The molecule has 0 aliphatic rings. The molecule has 1 amide bonds. The number of rotatable bonds is 4. The summed E-state index contributed by atoms with van der Waals surface area (Å²) in [5.41, 5.74) is 6.50. The molecule has 0 unspecified atom stereocenters. The van der Waals surface area contributed by atoms with Crippen LogP contribution in [0.5, 0.6) is 0 Å². The van der Waals surface area contributed by atoms with E-state index in [1.807, 2.05) is 6.92 Å². The number of amides is 1. The molecule has 0 aliphatic carbocycles. The molecule has 0 fully saturated rings. The van der Waals surface area contributed by atoms with E-state index in [9.17, 15) is 9.59 Å². The summed E-state index contributed by atoms with van der Waals surface area (Å²) in [4.78, 5) is 27.1. The second-order valence-corrected chi connectivity index (χ2v) is 4.70. The number of aromatic nitrogens is 3. The molecular formula is C11H13N5O2S. The lowest BCUT2D eigenvalue weighted by Crippen LogP contribution is -2.14. The second kappa shape index (κ2) is 5.19. The molecule has 0 saturated heterocycles. The summed E-state index contributed by atoms with van der Waals surface area (Å²) in [6.07, 6.45) is 1.60. The van der Waals surface area contributed by atoms with Gasteiger partial charge >= 0.3 is 0 Å². The Balaban J connectivity index is 2.15. The van der Waals surface area contributed by atoms with Crippen LogP contribution < -0.4 is 11.1 Å². The lowest BCUT2D eigenvalue weighted by atomic mass is 10.3. The minimum atomic E-state index is -0.436. The Hall–Kier alpha value is -2.22. The highest BCUT2D eigenvalue weighted by atomic mass is 32.1.